The third kappa shape index (κ3) is 4.08. The molecule has 3 heterocycles. The molecule has 0 aliphatic carbocycles. The zero-order valence-corrected chi connectivity index (χ0v) is 17.9. The number of hydrogen-bond donors (Lipinski definition) is 2. The van der Waals surface area contributed by atoms with Crippen LogP contribution in [0, 0.1) is 5.41 Å². The Morgan fingerprint density at radius 3 is 2.52 bits per heavy atom. The van der Waals surface area contributed by atoms with E-state index in [0.717, 1.165) is 32.5 Å². The SMILES string of the molecule is Cn1c(N2CCC3(CCOC3)CC2)nc(N)c(Sc2cccc(N)c2C(F)(F)F)c1=O. The largest absolute Gasteiger partial charge is 0.419 e. The van der Waals surface area contributed by atoms with Crippen LogP contribution in [0.3, 0.4) is 0 Å². The lowest BCUT2D eigenvalue weighted by atomic mass is 9.78. The van der Waals surface area contributed by atoms with Crippen molar-refractivity contribution in [2.45, 2.75) is 35.2 Å². The number of ether oxygens (including phenoxy) is 1. The predicted octanol–water partition coefficient (Wildman–Crippen LogP) is 3.12. The summed E-state index contributed by atoms with van der Waals surface area (Å²) in [5.41, 5.74) is 9.92. The maximum atomic E-state index is 13.5. The molecule has 168 valence electrons. The lowest BCUT2D eigenvalue weighted by molar-refractivity contribution is -0.139. The fraction of sp³-hybridized carbons (Fsp3) is 0.500. The second kappa shape index (κ2) is 7.94. The molecule has 0 unspecified atom stereocenters. The fourth-order valence-corrected chi connectivity index (χ4v) is 5.31. The topological polar surface area (TPSA) is 99.4 Å². The summed E-state index contributed by atoms with van der Waals surface area (Å²) in [5, 5.41) is 0. The summed E-state index contributed by atoms with van der Waals surface area (Å²) in [7, 11) is 1.56. The van der Waals surface area contributed by atoms with Crippen LogP contribution >= 0.6 is 11.8 Å². The van der Waals surface area contributed by atoms with Crippen LogP contribution in [0.15, 0.2) is 32.8 Å². The van der Waals surface area contributed by atoms with Gasteiger partial charge in [-0.05, 0) is 36.8 Å². The first-order valence-electron chi connectivity index (χ1n) is 9.94. The maximum absolute atomic E-state index is 13.5. The van der Waals surface area contributed by atoms with Crippen LogP contribution in [-0.2, 0) is 18.0 Å². The number of nitrogens with zero attached hydrogens (tertiary/aromatic N) is 3. The predicted molar refractivity (Wildman–Crippen MR) is 113 cm³/mol. The van der Waals surface area contributed by atoms with Crippen molar-refractivity contribution in [2.24, 2.45) is 12.5 Å². The zero-order valence-electron chi connectivity index (χ0n) is 17.0. The average Bonchev–Trinajstić information content (AvgIpc) is 3.16. The Labute approximate surface area is 181 Å². The zero-order chi connectivity index (χ0) is 22.4. The van der Waals surface area contributed by atoms with Gasteiger partial charge in [-0.3, -0.25) is 9.36 Å². The van der Waals surface area contributed by atoms with Gasteiger partial charge in [-0.15, -0.1) is 0 Å². The van der Waals surface area contributed by atoms with Crippen molar-refractivity contribution in [3.63, 3.8) is 0 Å². The van der Waals surface area contributed by atoms with Gasteiger partial charge >= 0.3 is 6.18 Å². The molecule has 0 atom stereocenters. The molecule has 2 fully saturated rings. The molecule has 4 N–H and O–H groups in total. The van der Waals surface area contributed by atoms with E-state index in [0.29, 0.717) is 30.8 Å². The van der Waals surface area contributed by atoms with Gasteiger partial charge in [0.1, 0.15) is 10.7 Å². The minimum atomic E-state index is -4.66. The van der Waals surface area contributed by atoms with Crippen molar-refractivity contribution in [3.8, 4) is 0 Å². The number of hydrogen-bond acceptors (Lipinski definition) is 7. The van der Waals surface area contributed by atoms with Gasteiger partial charge in [0, 0.05) is 37.3 Å². The Bertz CT molecular complexity index is 1040. The molecule has 2 aliphatic heterocycles. The summed E-state index contributed by atoms with van der Waals surface area (Å²) in [5.74, 6) is 0.326. The monoisotopic (exact) mass is 455 g/mol. The molecule has 0 bridgehead atoms. The molecule has 1 aromatic carbocycles. The van der Waals surface area contributed by atoms with Crippen LogP contribution in [-0.4, -0.2) is 35.9 Å². The Balaban J connectivity index is 1.63. The highest BCUT2D eigenvalue weighted by atomic mass is 32.2. The summed E-state index contributed by atoms with van der Waals surface area (Å²) in [6.45, 7) is 2.96. The molecule has 0 saturated carbocycles. The highest BCUT2D eigenvalue weighted by Gasteiger charge is 2.39. The van der Waals surface area contributed by atoms with Crippen LogP contribution in [0.1, 0.15) is 24.8 Å². The summed E-state index contributed by atoms with van der Waals surface area (Å²) in [4.78, 5) is 19.2. The molecule has 1 aromatic heterocycles. The van der Waals surface area contributed by atoms with Crippen molar-refractivity contribution in [1.29, 1.82) is 0 Å². The Morgan fingerprint density at radius 1 is 1.19 bits per heavy atom. The van der Waals surface area contributed by atoms with Crippen LogP contribution in [0.4, 0.5) is 30.6 Å². The number of aromatic nitrogens is 2. The molecule has 4 rings (SSSR count). The maximum Gasteiger partial charge on any atom is 0.419 e. The van der Waals surface area contributed by atoms with E-state index in [1.165, 1.54) is 22.8 Å². The van der Waals surface area contributed by atoms with Gasteiger partial charge in [-0.2, -0.15) is 18.2 Å². The van der Waals surface area contributed by atoms with Gasteiger partial charge in [0.15, 0.2) is 0 Å². The third-order valence-electron chi connectivity index (χ3n) is 6.10. The summed E-state index contributed by atoms with van der Waals surface area (Å²) >= 11 is 0.637. The van der Waals surface area contributed by atoms with Crippen molar-refractivity contribution in [1.82, 2.24) is 9.55 Å². The standard InChI is InChI=1S/C20H24F3N5O2S/c1-27-17(29)15(31-13-4-2-3-12(24)14(13)20(21,22)23)16(25)26-18(27)28-8-5-19(6-9-28)7-10-30-11-19/h2-4H,5-11,24-25H2,1H3. The lowest BCUT2D eigenvalue weighted by Crippen LogP contribution is -2.43. The molecule has 2 saturated heterocycles. The van der Waals surface area contributed by atoms with E-state index in [1.807, 2.05) is 4.90 Å². The minimum Gasteiger partial charge on any atom is -0.398 e. The van der Waals surface area contributed by atoms with E-state index >= 15 is 0 Å². The summed E-state index contributed by atoms with van der Waals surface area (Å²) in [6, 6.07) is 3.85. The molecule has 11 heteroatoms. The third-order valence-corrected chi connectivity index (χ3v) is 7.25. The Hall–Kier alpha value is -2.40. The average molecular weight is 456 g/mol. The van der Waals surface area contributed by atoms with Gasteiger partial charge in [0.25, 0.3) is 5.56 Å². The van der Waals surface area contributed by atoms with Crippen molar-refractivity contribution < 1.29 is 17.9 Å². The number of nitrogens with two attached hydrogens (primary N) is 2. The smallest absolute Gasteiger partial charge is 0.398 e. The highest BCUT2D eigenvalue weighted by molar-refractivity contribution is 7.99. The first kappa shape index (κ1) is 21.8. The number of anilines is 3. The first-order chi connectivity index (χ1) is 14.6. The van der Waals surface area contributed by atoms with Crippen LogP contribution < -0.4 is 21.9 Å². The molecular weight excluding hydrogens is 431 g/mol. The molecule has 1 spiro atoms. The quantitative estimate of drug-likeness (QED) is 0.686. The van der Waals surface area contributed by atoms with Gasteiger partial charge in [-0.25, -0.2) is 0 Å². The van der Waals surface area contributed by atoms with E-state index in [2.05, 4.69) is 4.98 Å². The van der Waals surface area contributed by atoms with Crippen molar-refractivity contribution in [3.05, 3.63) is 34.1 Å². The van der Waals surface area contributed by atoms with Crippen LogP contribution in [0.25, 0.3) is 0 Å². The van der Waals surface area contributed by atoms with E-state index in [-0.39, 0.29) is 21.0 Å². The van der Waals surface area contributed by atoms with Gasteiger partial charge in [0.2, 0.25) is 5.95 Å². The summed E-state index contributed by atoms with van der Waals surface area (Å²) < 4.78 is 47.4. The van der Waals surface area contributed by atoms with Crippen LogP contribution in [0.5, 0.6) is 0 Å². The van der Waals surface area contributed by atoms with Gasteiger partial charge in [0.05, 0.1) is 12.2 Å². The first-order valence-corrected chi connectivity index (χ1v) is 10.8. The van der Waals surface area contributed by atoms with Gasteiger partial charge in [-0.1, -0.05) is 17.8 Å². The van der Waals surface area contributed by atoms with Crippen LogP contribution in [0.2, 0.25) is 0 Å². The van der Waals surface area contributed by atoms with E-state index in [9.17, 15) is 18.0 Å². The molecule has 31 heavy (non-hydrogen) atoms. The number of piperidine rings is 1. The molecule has 2 aliphatic rings. The number of alkyl halides is 3. The normalized spacial score (nSPS) is 18.6. The molecule has 2 aromatic rings. The number of rotatable bonds is 3. The molecule has 0 amide bonds. The number of nitrogen functional groups attached to an aromatic ring is 2. The number of benzene rings is 1. The Kier molecular flexibility index (Phi) is 5.59. The fourth-order valence-electron chi connectivity index (χ4n) is 4.24. The minimum absolute atomic E-state index is 0.0555. The van der Waals surface area contributed by atoms with E-state index < -0.39 is 23.0 Å². The molecule has 0 radical (unpaired) electrons. The summed E-state index contributed by atoms with van der Waals surface area (Å²) in [6.07, 6.45) is -1.77. The molecule has 7 nitrogen and oxygen atoms in total. The van der Waals surface area contributed by atoms with E-state index in [1.54, 1.807) is 7.05 Å². The Morgan fingerprint density at radius 2 is 1.90 bits per heavy atom. The molecular formula is C20H24F3N5O2S. The second-order valence-corrected chi connectivity index (χ2v) is 9.15. The van der Waals surface area contributed by atoms with Gasteiger partial charge < -0.3 is 21.1 Å². The highest BCUT2D eigenvalue weighted by Crippen LogP contribution is 2.43. The van der Waals surface area contributed by atoms with Crippen molar-refractivity contribution in [2.75, 3.05) is 42.7 Å². The van der Waals surface area contributed by atoms with Crippen molar-refractivity contribution >= 4 is 29.2 Å². The number of halogens is 3. The van der Waals surface area contributed by atoms with E-state index in [4.69, 9.17) is 16.2 Å². The lowest BCUT2D eigenvalue weighted by Gasteiger charge is -2.39. The second-order valence-electron chi connectivity index (χ2n) is 8.10.